The fourth-order valence-electron chi connectivity index (χ4n) is 3.54. The van der Waals surface area contributed by atoms with E-state index in [1.807, 2.05) is 18.0 Å². The lowest BCUT2D eigenvalue weighted by molar-refractivity contribution is 0.0726. The van der Waals surface area contributed by atoms with E-state index in [1.165, 1.54) is 18.6 Å². The Balaban J connectivity index is 1.73. The van der Waals surface area contributed by atoms with Gasteiger partial charge >= 0.3 is 0 Å². The number of aryl methyl sites for hydroxylation is 1. The molecule has 26 heavy (non-hydrogen) atoms. The number of carbonyl (C=O) groups excluding carboxylic acids is 1. The number of hydrogen-bond acceptors (Lipinski definition) is 3. The molecule has 134 valence electrons. The predicted molar refractivity (Wildman–Crippen MR) is 100 cm³/mol. The molecule has 1 saturated heterocycles. The number of rotatable bonds is 3. The number of amides is 1. The molecule has 1 aliphatic heterocycles. The van der Waals surface area contributed by atoms with Gasteiger partial charge in [0.1, 0.15) is 5.82 Å². The minimum absolute atomic E-state index is 0.0298. The van der Waals surface area contributed by atoms with Crippen molar-refractivity contribution in [1.82, 2.24) is 14.9 Å². The predicted octanol–water partition coefficient (Wildman–Crippen LogP) is 4.38. The Morgan fingerprint density at radius 3 is 2.85 bits per heavy atom. The zero-order valence-electron chi connectivity index (χ0n) is 14.7. The van der Waals surface area contributed by atoms with Gasteiger partial charge in [-0.2, -0.15) is 0 Å². The average Bonchev–Trinajstić information content (AvgIpc) is 3.05. The van der Waals surface area contributed by atoms with Crippen LogP contribution in [-0.4, -0.2) is 33.9 Å². The summed E-state index contributed by atoms with van der Waals surface area (Å²) in [4.78, 5) is 22.5. The molecule has 1 amide bonds. The van der Waals surface area contributed by atoms with Crippen molar-refractivity contribution in [2.45, 2.75) is 26.2 Å². The van der Waals surface area contributed by atoms with Crippen molar-refractivity contribution in [3.05, 3.63) is 53.6 Å². The molecule has 3 aromatic rings. The maximum absolute atomic E-state index is 13.4. The molecule has 0 atom stereocenters. The summed E-state index contributed by atoms with van der Waals surface area (Å²) < 4.78 is 13.4. The van der Waals surface area contributed by atoms with Crippen LogP contribution < -0.4 is 5.32 Å². The lowest BCUT2D eigenvalue weighted by Crippen LogP contribution is -2.35. The van der Waals surface area contributed by atoms with Crippen molar-refractivity contribution in [3.8, 4) is 0 Å². The van der Waals surface area contributed by atoms with Crippen LogP contribution in [0.3, 0.4) is 0 Å². The van der Waals surface area contributed by atoms with E-state index in [9.17, 15) is 9.18 Å². The normalized spacial score (nSPS) is 14.6. The van der Waals surface area contributed by atoms with Crippen LogP contribution >= 0.6 is 0 Å². The minimum Gasteiger partial charge on any atom is -0.358 e. The van der Waals surface area contributed by atoms with E-state index < -0.39 is 0 Å². The first-order chi connectivity index (χ1) is 12.6. The number of likely N-dealkylation sites (tertiary alicyclic amines) is 1. The van der Waals surface area contributed by atoms with Crippen molar-refractivity contribution >= 4 is 28.3 Å². The minimum atomic E-state index is -0.314. The molecule has 0 radical (unpaired) electrons. The molecule has 0 unspecified atom stereocenters. The van der Waals surface area contributed by atoms with Crippen LogP contribution in [0.4, 0.5) is 15.9 Å². The maximum atomic E-state index is 13.4. The number of benzene rings is 1. The number of piperidine rings is 1. The van der Waals surface area contributed by atoms with Gasteiger partial charge in [-0.25, -0.2) is 9.37 Å². The lowest BCUT2D eigenvalue weighted by atomic mass is 10.1. The number of aromatic amines is 1. The standard InChI is InChI=1S/C20H21FN4O/c1-13-11-22-18-17(13)16(20(26)25-8-3-2-4-9-25)12-23-19(18)24-15-7-5-6-14(21)10-15/h5-7,10-12,22H,2-4,8-9H2,1H3,(H,23,24). The van der Waals surface area contributed by atoms with E-state index >= 15 is 0 Å². The quantitative estimate of drug-likeness (QED) is 0.735. The zero-order valence-corrected chi connectivity index (χ0v) is 14.7. The van der Waals surface area contributed by atoms with E-state index in [4.69, 9.17) is 0 Å². The smallest absolute Gasteiger partial charge is 0.256 e. The average molecular weight is 352 g/mol. The Labute approximate surface area is 151 Å². The molecule has 2 N–H and O–H groups in total. The van der Waals surface area contributed by atoms with Crippen molar-refractivity contribution in [3.63, 3.8) is 0 Å². The van der Waals surface area contributed by atoms with Crippen molar-refractivity contribution in [2.24, 2.45) is 0 Å². The molecule has 5 nitrogen and oxygen atoms in total. The number of carbonyl (C=O) groups is 1. The first-order valence-electron chi connectivity index (χ1n) is 8.92. The van der Waals surface area contributed by atoms with E-state index in [0.29, 0.717) is 17.1 Å². The summed E-state index contributed by atoms with van der Waals surface area (Å²) >= 11 is 0. The zero-order chi connectivity index (χ0) is 18.1. The lowest BCUT2D eigenvalue weighted by Gasteiger charge is -2.27. The van der Waals surface area contributed by atoms with Gasteiger partial charge in [0, 0.05) is 36.6 Å². The Morgan fingerprint density at radius 1 is 1.27 bits per heavy atom. The van der Waals surface area contributed by atoms with Crippen LogP contribution in [0.1, 0.15) is 35.2 Å². The van der Waals surface area contributed by atoms with Crippen LogP contribution in [-0.2, 0) is 0 Å². The highest BCUT2D eigenvalue weighted by atomic mass is 19.1. The van der Waals surface area contributed by atoms with Crippen LogP contribution in [0.5, 0.6) is 0 Å². The van der Waals surface area contributed by atoms with Crippen LogP contribution in [0.2, 0.25) is 0 Å². The number of hydrogen-bond donors (Lipinski definition) is 2. The number of anilines is 2. The summed E-state index contributed by atoms with van der Waals surface area (Å²) in [7, 11) is 0. The van der Waals surface area contributed by atoms with Gasteiger partial charge in [-0.1, -0.05) is 6.07 Å². The molecule has 0 spiro atoms. The molecule has 0 aliphatic carbocycles. The first-order valence-corrected chi connectivity index (χ1v) is 8.92. The fraction of sp³-hybridized carbons (Fsp3) is 0.300. The van der Waals surface area contributed by atoms with Gasteiger partial charge in [-0.3, -0.25) is 4.79 Å². The highest BCUT2D eigenvalue weighted by molar-refractivity contribution is 6.09. The number of H-pyrrole nitrogens is 1. The number of aromatic nitrogens is 2. The van der Waals surface area contributed by atoms with Crippen molar-refractivity contribution < 1.29 is 9.18 Å². The van der Waals surface area contributed by atoms with Crippen LogP contribution in [0, 0.1) is 12.7 Å². The van der Waals surface area contributed by atoms with E-state index in [2.05, 4.69) is 15.3 Å². The molecule has 4 rings (SSSR count). The molecule has 3 heterocycles. The molecule has 6 heteroatoms. The van der Waals surface area contributed by atoms with Crippen LogP contribution in [0.25, 0.3) is 10.9 Å². The molecular weight excluding hydrogens is 331 g/mol. The van der Waals surface area contributed by atoms with Gasteiger partial charge in [-0.05, 0) is 49.9 Å². The van der Waals surface area contributed by atoms with Gasteiger partial charge < -0.3 is 15.2 Å². The van der Waals surface area contributed by atoms with Gasteiger partial charge in [0.05, 0.1) is 11.1 Å². The molecule has 1 fully saturated rings. The van der Waals surface area contributed by atoms with Crippen LogP contribution in [0.15, 0.2) is 36.7 Å². The third-order valence-corrected chi connectivity index (χ3v) is 4.87. The summed E-state index contributed by atoms with van der Waals surface area (Å²) in [5.41, 5.74) is 2.98. The SMILES string of the molecule is Cc1c[nH]c2c(Nc3cccc(F)c3)ncc(C(=O)N3CCCCC3)c12. The summed E-state index contributed by atoms with van der Waals surface area (Å²) in [5, 5.41) is 4.01. The second-order valence-corrected chi connectivity index (χ2v) is 6.73. The largest absolute Gasteiger partial charge is 0.358 e. The van der Waals surface area contributed by atoms with Gasteiger partial charge in [0.25, 0.3) is 5.91 Å². The van der Waals surface area contributed by atoms with E-state index in [-0.39, 0.29) is 11.7 Å². The highest BCUT2D eigenvalue weighted by Gasteiger charge is 2.23. The maximum Gasteiger partial charge on any atom is 0.256 e. The number of nitrogens with one attached hydrogen (secondary N) is 2. The Kier molecular flexibility index (Phi) is 4.32. The molecule has 1 aromatic carbocycles. The highest BCUT2D eigenvalue weighted by Crippen LogP contribution is 2.30. The Bertz CT molecular complexity index is 960. The van der Waals surface area contributed by atoms with E-state index in [0.717, 1.165) is 42.4 Å². The molecule has 0 saturated carbocycles. The van der Waals surface area contributed by atoms with Gasteiger partial charge in [-0.15, -0.1) is 0 Å². The van der Waals surface area contributed by atoms with Gasteiger partial charge in [0.15, 0.2) is 5.82 Å². The molecule has 1 aliphatic rings. The van der Waals surface area contributed by atoms with Crippen molar-refractivity contribution in [1.29, 1.82) is 0 Å². The summed E-state index contributed by atoms with van der Waals surface area (Å²) in [5.74, 6) is 0.293. The number of nitrogens with zero attached hydrogens (tertiary/aromatic N) is 2. The first kappa shape index (κ1) is 16.6. The van der Waals surface area contributed by atoms with Gasteiger partial charge in [0.2, 0.25) is 0 Å². The Hall–Kier alpha value is -2.89. The molecule has 0 bridgehead atoms. The number of pyridine rings is 1. The number of halogens is 1. The second kappa shape index (κ2) is 6.78. The Morgan fingerprint density at radius 2 is 2.08 bits per heavy atom. The third kappa shape index (κ3) is 3.03. The van der Waals surface area contributed by atoms with Crippen molar-refractivity contribution in [2.75, 3.05) is 18.4 Å². The monoisotopic (exact) mass is 352 g/mol. The fourth-order valence-corrected chi connectivity index (χ4v) is 3.54. The second-order valence-electron chi connectivity index (χ2n) is 6.73. The van der Waals surface area contributed by atoms with E-state index in [1.54, 1.807) is 18.3 Å². The summed E-state index contributed by atoms with van der Waals surface area (Å²) in [6.07, 6.45) is 6.77. The number of fused-ring (bicyclic) bond motifs is 1. The topological polar surface area (TPSA) is 61.0 Å². The summed E-state index contributed by atoms with van der Waals surface area (Å²) in [6, 6.07) is 6.23. The molecular formula is C20H21FN4O. The summed E-state index contributed by atoms with van der Waals surface area (Å²) in [6.45, 7) is 3.57. The molecule has 2 aromatic heterocycles. The third-order valence-electron chi connectivity index (χ3n) is 4.87.